The van der Waals surface area contributed by atoms with Gasteiger partial charge in [-0.15, -0.1) is 10.2 Å². The van der Waals surface area contributed by atoms with Crippen LogP contribution < -0.4 is 5.32 Å². The Morgan fingerprint density at radius 3 is 2.61 bits per heavy atom. The van der Waals surface area contributed by atoms with Crippen LogP contribution in [0.4, 0.5) is 5.69 Å². The predicted octanol–water partition coefficient (Wildman–Crippen LogP) is 4.26. The van der Waals surface area contributed by atoms with Crippen molar-refractivity contribution in [3.05, 3.63) is 65.5 Å². The Morgan fingerprint density at radius 1 is 1.00 bits per heavy atom. The highest BCUT2D eigenvalue weighted by Crippen LogP contribution is 2.21. The van der Waals surface area contributed by atoms with E-state index in [0.717, 1.165) is 18.5 Å². The second-order valence-corrected chi connectivity index (χ2v) is 5.51. The molecule has 4 nitrogen and oxygen atoms in total. The predicted molar refractivity (Wildman–Crippen MR) is 92.5 cm³/mol. The van der Waals surface area contributed by atoms with E-state index in [4.69, 9.17) is 4.42 Å². The smallest absolute Gasteiger partial charge is 0.247 e. The average molecular weight is 307 g/mol. The first-order chi connectivity index (χ1) is 11.3. The van der Waals surface area contributed by atoms with Crippen molar-refractivity contribution in [1.82, 2.24) is 10.2 Å². The summed E-state index contributed by atoms with van der Waals surface area (Å²) in [6.45, 7) is 5.07. The van der Waals surface area contributed by atoms with Crippen molar-refractivity contribution in [1.29, 1.82) is 0 Å². The lowest BCUT2D eigenvalue weighted by Gasteiger charge is -2.13. The zero-order valence-corrected chi connectivity index (χ0v) is 13.5. The number of nitrogens with one attached hydrogen (secondary N) is 1. The van der Waals surface area contributed by atoms with Gasteiger partial charge >= 0.3 is 0 Å². The van der Waals surface area contributed by atoms with Crippen molar-refractivity contribution in [3.63, 3.8) is 0 Å². The maximum atomic E-state index is 5.73. The molecule has 0 aliphatic heterocycles. The van der Waals surface area contributed by atoms with Crippen LogP contribution in [0.2, 0.25) is 0 Å². The molecule has 0 spiro atoms. The zero-order chi connectivity index (χ0) is 16.1. The lowest BCUT2D eigenvalue weighted by Crippen LogP contribution is -2.08. The normalized spacial score (nSPS) is 10.7. The van der Waals surface area contributed by atoms with E-state index in [9.17, 15) is 0 Å². The number of anilines is 1. The molecule has 3 aromatic rings. The molecule has 0 aliphatic rings. The molecule has 4 heteroatoms. The molecule has 1 N–H and O–H groups in total. The molecule has 0 saturated carbocycles. The van der Waals surface area contributed by atoms with E-state index < -0.39 is 0 Å². The minimum absolute atomic E-state index is 0.575. The largest absolute Gasteiger partial charge is 0.421 e. The van der Waals surface area contributed by atoms with Crippen LogP contribution in [0.5, 0.6) is 0 Å². The molecule has 118 valence electrons. The number of rotatable bonds is 6. The quantitative estimate of drug-likeness (QED) is 0.739. The van der Waals surface area contributed by atoms with Crippen LogP contribution in [0.25, 0.3) is 11.5 Å². The van der Waals surface area contributed by atoms with Gasteiger partial charge in [0.25, 0.3) is 0 Å². The van der Waals surface area contributed by atoms with E-state index in [1.807, 2.05) is 30.3 Å². The molecule has 0 aliphatic carbocycles. The Balaban J connectivity index is 1.63. The molecule has 0 amide bonds. The highest BCUT2D eigenvalue weighted by atomic mass is 16.4. The van der Waals surface area contributed by atoms with Gasteiger partial charge in [-0.2, -0.15) is 0 Å². The van der Waals surface area contributed by atoms with Crippen LogP contribution >= 0.6 is 0 Å². The molecule has 1 aromatic heterocycles. The Kier molecular flexibility index (Phi) is 4.71. The number of benzene rings is 2. The molecule has 0 unspecified atom stereocenters. The van der Waals surface area contributed by atoms with Gasteiger partial charge in [-0.1, -0.05) is 43.3 Å². The van der Waals surface area contributed by atoms with Gasteiger partial charge in [-0.3, -0.25) is 0 Å². The minimum Gasteiger partial charge on any atom is -0.421 e. The third-order valence-electron chi connectivity index (χ3n) is 3.87. The van der Waals surface area contributed by atoms with E-state index in [1.165, 1.54) is 16.8 Å². The second-order valence-electron chi connectivity index (χ2n) is 5.51. The fourth-order valence-corrected chi connectivity index (χ4v) is 2.62. The first kappa shape index (κ1) is 15.3. The van der Waals surface area contributed by atoms with Gasteiger partial charge in [0.1, 0.15) is 0 Å². The van der Waals surface area contributed by atoms with Crippen molar-refractivity contribution < 1.29 is 4.42 Å². The van der Waals surface area contributed by atoms with E-state index in [2.05, 4.69) is 47.6 Å². The highest BCUT2D eigenvalue weighted by Gasteiger charge is 2.09. The van der Waals surface area contributed by atoms with Crippen molar-refractivity contribution >= 4 is 5.69 Å². The third-order valence-corrected chi connectivity index (χ3v) is 3.87. The number of aromatic nitrogens is 2. The lowest BCUT2D eigenvalue weighted by molar-refractivity contribution is 0.509. The molecule has 3 rings (SSSR count). The molecule has 1 heterocycles. The number of hydrogen-bond acceptors (Lipinski definition) is 4. The van der Waals surface area contributed by atoms with Gasteiger partial charge in [0.2, 0.25) is 11.8 Å². The molecular weight excluding hydrogens is 286 g/mol. The van der Waals surface area contributed by atoms with Crippen molar-refractivity contribution in [2.75, 3.05) is 11.9 Å². The summed E-state index contributed by atoms with van der Waals surface area (Å²) in [5.41, 5.74) is 4.77. The molecule has 0 fully saturated rings. The summed E-state index contributed by atoms with van der Waals surface area (Å²) >= 11 is 0. The van der Waals surface area contributed by atoms with E-state index in [-0.39, 0.29) is 0 Å². The van der Waals surface area contributed by atoms with Crippen LogP contribution in [-0.2, 0) is 12.8 Å². The zero-order valence-electron chi connectivity index (χ0n) is 13.5. The molecule has 0 atom stereocenters. The maximum Gasteiger partial charge on any atom is 0.247 e. The second kappa shape index (κ2) is 7.09. The molecule has 0 bridgehead atoms. The van der Waals surface area contributed by atoms with Crippen molar-refractivity contribution in [3.8, 4) is 11.5 Å². The first-order valence-electron chi connectivity index (χ1n) is 7.98. The van der Waals surface area contributed by atoms with E-state index in [0.29, 0.717) is 18.2 Å². The molecule has 0 saturated heterocycles. The Labute approximate surface area is 136 Å². The molecule has 0 radical (unpaired) electrons. The van der Waals surface area contributed by atoms with Crippen molar-refractivity contribution in [2.24, 2.45) is 0 Å². The standard InChI is InChI=1S/C19H21N3O/c1-3-15-11-7-8-14(2)18(15)20-13-12-17-21-22-19(23-17)16-9-5-4-6-10-16/h4-11,20H,3,12-13H2,1-2H3. The highest BCUT2D eigenvalue weighted by molar-refractivity contribution is 5.57. The van der Waals surface area contributed by atoms with Crippen LogP contribution in [-0.4, -0.2) is 16.7 Å². The molecule has 23 heavy (non-hydrogen) atoms. The first-order valence-corrected chi connectivity index (χ1v) is 7.98. The molecular formula is C19H21N3O. The van der Waals surface area contributed by atoms with Gasteiger partial charge in [-0.25, -0.2) is 0 Å². The Bertz CT molecular complexity index is 765. The van der Waals surface area contributed by atoms with Crippen LogP contribution in [0.1, 0.15) is 23.9 Å². The SMILES string of the molecule is CCc1cccc(C)c1NCCc1nnc(-c2ccccc2)o1. The van der Waals surface area contributed by atoms with Crippen LogP contribution in [0.15, 0.2) is 52.9 Å². The molecule has 2 aromatic carbocycles. The summed E-state index contributed by atoms with van der Waals surface area (Å²) in [7, 11) is 0. The lowest BCUT2D eigenvalue weighted by atomic mass is 10.1. The van der Waals surface area contributed by atoms with Crippen LogP contribution in [0.3, 0.4) is 0 Å². The number of hydrogen-bond donors (Lipinski definition) is 1. The monoisotopic (exact) mass is 307 g/mol. The summed E-state index contributed by atoms with van der Waals surface area (Å²) in [4.78, 5) is 0. The number of nitrogens with zero attached hydrogens (tertiary/aromatic N) is 2. The van der Waals surface area contributed by atoms with Gasteiger partial charge in [-0.05, 0) is 36.6 Å². The fraction of sp³-hybridized carbons (Fsp3) is 0.263. The summed E-state index contributed by atoms with van der Waals surface area (Å²) < 4.78 is 5.73. The summed E-state index contributed by atoms with van der Waals surface area (Å²) in [6.07, 6.45) is 1.72. The summed E-state index contributed by atoms with van der Waals surface area (Å²) in [5.74, 6) is 1.23. The minimum atomic E-state index is 0.575. The van der Waals surface area contributed by atoms with Gasteiger partial charge in [0, 0.05) is 24.2 Å². The topological polar surface area (TPSA) is 51.0 Å². The van der Waals surface area contributed by atoms with Crippen molar-refractivity contribution in [2.45, 2.75) is 26.7 Å². The fourth-order valence-electron chi connectivity index (χ4n) is 2.62. The average Bonchev–Trinajstić information content (AvgIpc) is 3.06. The number of aryl methyl sites for hydroxylation is 2. The Hall–Kier alpha value is -2.62. The summed E-state index contributed by atoms with van der Waals surface area (Å²) in [5, 5.41) is 11.8. The van der Waals surface area contributed by atoms with E-state index >= 15 is 0 Å². The summed E-state index contributed by atoms with van der Waals surface area (Å²) in [6, 6.07) is 16.2. The van der Waals surface area contributed by atoms with Gasteiger partial charge in [0.05, 0.1) is 0 Å². The van der Waals surface area contributed by atoms with E-state index in [1.54, 1.807) is 0 Å². The third kappa shape index (κ3) is 3.59. The van der Waals surface area contributed by atoms with Gasteiger partial charge in [0.15, 0.2) is 0 Å². The Morgan fingerprint density at radius 2 is 1.83 bits per heavy atom. The van der Waals surface area contributed by atoms with Gasteiger partial charge < -0.3 is 9.73 Å². The maximum absolute atomic E-state index is 5.73. The number of para-hydroxylation sites is 1. The van der Waals surface area contributed by atoms with Crippen LogP contribution in [0, 0.1) is 6.92 Å².